The van der Waals surface area contributed by atoms with E-state index in [0.717, 1.165) is 24.0 Å². The second-order valence-electron chi connectivity index (χ2n) is 4.43. The van der Waals surface area contributed by atoms with Gasteiger partial charge in [-0.3, -0.25) is 4.79 Å². The van der Waals surface area contributed by atoms with E-state index in [0.29, 0.717) is 0 Å². The van der Waals surface area contributed by atoms with Gasteiger partial charge in [0.1, 0.15) is 0 Å². The third-order valence-corrected chi connectivity index (χ3v) is 3.81. The van der Waals surface area contributed by atoms with Crippen LogP contribution in [0.2, 0.25) is 0 Å². The Bertz CT molecular complexity index is 171. The zero-order valence-electron chi connectivity index (χ0n) is 10.2. The summed E-state index contributed by atoms with van der Waals surface area (Å²) in [5.41, 5.74) is 0. The highest BCUT2D eigenvalue weighted by atomic mass is 32.2. The highest BCUT2D eigenvalue weighted by Crippen LogP contribution is 2.18. The summed E-state index contributed by atoms with van der Waals surface area (Å²) in [6, 6.07) is 0. The molecule has 0 aliphatic rings. The van der Waals surface area contributed by atoms with E-state index in [4.69, 9.17) is 5.11 Å². The summed E-state index contributed by atoms with van der Waals surface area (Å²) < 4.78 is 0. The molecule has 2 atom stereocenters. The van der Waals surface area contributed by atoms with E-state index in [9.17, 15) is 4.79 Å². The van der Waals surface area contributed by atoms with Crippen LogP contribution >= 0.6 is 11.8 Å². The lowest BCUT2D eigenvalue weighted by atomic mass is 9.95. The smallest absolute Gasteiger partial charge is 0.313 e. The lowest BCUT2D eigenvalue weighted by Crippen LogP contribution is -2.03. The van der Waals surface area contributed by atoms with Gasteiger partial charge < -0.3 is 5.11 Å². The second-order valence-corrected chi connectivity index (χ2v) is 5.54. The van der Waals surface area contributed by atoms with Gasteiger partial charge in [-0.25, -0.2) is 0 Å². The van der Waals surface area contributed by atoms with Crippen molar-refractivity contribution in [3.63, 3.8) is 0 Å². The van der Waals surface area contributed by atoms with E-state index in [1.165, 1.54) is 31.0 Å². The molecule has 0 aliphatic heterocycles. The summed E-state index contributed by atoms with van der Waals surface area (Å²) in [6.07, 6.45) is 5.00. The first-order valence-electron chi connectivity index (χ1n) is 5.85. The molecule has 1 N–H and O–H groups in total. The molecule has 0 rings (SSSR count). The van der Waals surface area contributed by atoms with Crippen LogP contribution in [-0.2, 0) is 4.79 Å². The number of aliphatic carboxylic acids is 1. The SMILES string of the molecule is CCC(C)CCC(C)CCSCC(=O)O. The van der Waals surface area contributed by atoms with Crippen molar-refractivity contribution >= 4 is 17.7 Å². The minimum atomic E-state index is -0.702. The van der Waals surface area contributed by atoms with Gasteiger partial charge in [-0.05, 0) is 24.0 Å². The van der Waals surface area contributed by atoms with Crippen molar-refractivity contribution in [2.24, 2.45) is 11.8 Å². The van der Waals surface area contributed by atoms with Crippen LogP contribution in [0.1, 0.15) is 46.5 Å². The van der Waals surface area contributed by atoms with E-state index in [1.54, 1.807) is 0 Å². The largest absolute Gasteiger partial charge is 0.481 e. The first kappa shape index (κ1) is 14.8. The third-order valence-electron chi connectivity index (χ3n) is 2.83. The molecule has 15 heavy (non-hydrogen) atoms. The van der Waals surface area contributed by atoms with Crippen molar-refractivity contribution in [1.82, 2.24) is 0 Å². The standard InChI is InChI=1S/C12H24O2S/c1-4-10(2)5-6-11(3)7-8-15-9-12(13)14/h10-11H,4-9H2,1-3H3,(H,13,14). The van der Waals surface area contributed by atoms with E-state index in [-0.39, 0.29) is 5.75 Å². The van der Waals surface area contributed by atoms with Crippen molar-refractivity contribution < 1.29 is 9.90 Å². The summed E-state index contributed by atoms with van der Waals surface area (Å²) >= 11 is 1.53. The first-order valence-corrected chi connectivity index (χ1v) is 7.01. The van der Waals surface area contributed by atoms with Crippen LogP contribution in [0.4, 0.5) is 0 Å². The maximum atomic E-state index is 10.3. The van der Waals surface area contributed by atoms with Gasteiger partial charge in [0.15, 0.2) is 0 Å². The van der Waals surface area contributed by atoms with Crippen molar-refractivity contribution in [3.05, 3.63) is 0 Å². The normalized spacial score (nSPS) is 14.9. The molecular weight excluding hydrogens is 208 g/mol. The number of hydrogen-bond donors (Lipinski definition) is 1. The number of hydrogen-bond acceptors (Lipinski definition) is 2. The Labute approximate surface area is 97.8 Å². The van der Waals surface area contributed by atoms with Crippen LogP contribution < -0.4 is 0 Å². The predicted molar refractivity (Wildman–Crippen MR) is 67.4 cm³/mol. The number of carbonyl (C=O) groups is 1. The van der Waals surface area contributed by atoms with Crippen molar-refractivity contribution in [2.75, 3.05) is 11.5 Å². The average Bonchev–Trinajstić information content (AvgIpc) is 2.20. The highest BCUT2D eigenvalue weighted by Gasteiger charge is 2.06. The maximum absolute atomic E-state index is 10.3. The minimum Gasteiger partial charge on any atom is -0.481 e. The Kier molecular flexibility index (Phi) is 8.97. The van der Waals surface area contributed by atoms with E-state index in [1.807, 2.05) is 0 Å². The summed E-state index contributed by atoms with van der Waals surface area (Å²) in [5, 5.41) is 8.47. The number of carboxylic acid groups (broad SMARTS) is 1. The molecule has 0 bridgehead atoms. The van der Waals surface area contributed by atoms with Gasteiger partial charge in [-0.15, -0.1) is 0 Å². The van der Waals surface area contributed by atoms with Crippen LogP contribution in [0.3, 0.4) is 0 Å². The molecule has 0 aromatic rings. The third kappa shape index (κ3) is 10.1. The van der Waals surface area contributed by atoms with Crippen molar-refractivity contribution in [2.45, 2.75) is 46.5 Å². The van der Waals surface area contributed by atoms with E-state index < -0.39 is 5.97 Å². The molecule has 0 amide bonds. The molecule has 3 heteroatoms. The van der Waals surface area contributed by atoms with Crippen molar-refractivity contribution in [1.29, 1.82) is 0 Å². The van der Waals surface area contributed by atoms with Crippen LogP contribution in [0.15, 0.2) is 0 Å². The molecule has 0 fully saturated rings. The molecule has 2 unspecified atom stereocenters. The predicted octanol–water partition coefficient (Wildman–Crippen LogP) is 3.66. The second kappa shape index (κ2) is 9.08. The first-order chi connectivity index (χ1) is 7.06. The summed E-state index contributed by atoms with van der Waals surface area (Å²) in [7, 11) is 0. The van der Waals surface area contributed by atoms with Gasteiger partial charge in [-0.1, -0.05) is 40.0 Å². The quantitative estimate of drug-likeness (QED) is 0.616. The molecule has 0 radical (unpaired) electrons. The maximum Gasteiger partial charge on any atom is 0.313 e. The zero-order valence-corrected chi connectivity index (χ0v) is 11.0. The molecule has 2 nitrogen and oxygen atoms in total. The fourth-order valence-corrected chi connectivity index (χ4v) is 2.25. The molecule has 0 spiro atoms. The average molecular weight is 232 g/mol. The van der Waals surface area contributed by atoms with E-state index >= 15 is 0 Å². The molecular formula is C12H24O2S. The van der Waals surface area contributed by atoms with Gasteiger partial charge in [0.05, 0.1) is 5.75 Å². The zero-order chi connectivity index (χ0) is 11.7. The van der Waals surface area contributed by atoms with Crippen LogP contribution in [0, 0.1) is 11.8 Å². The number of carboxylic acids is 1. The fourth-order valence-electron chi connectivity index (χ4n) is 1.36. The molecule has 0 aliphatic carbocycles. The summed E-state index contributed by atoms with van der Waals surface area (Å²) in [5.74, 6) is 2.10. The van der Waals surface area contributed by atoms with Crippen LogP contribution in [-0.4, -0.2) is 22.6 Å². The van der Waals surface area contributed by atoms with Crippen LogP contribution in [0.25, 0.3) is 0 Å². The van der Waals surface area contributed by atoms with Gasteiger partial charge in [0.25, 0.3) is 0 Å². The van der Waals surface area contributed by atoms with Crippen molar-refractivity contribution in [3.8, 4) is 0 Å². The highest BCUT2D eigenvalue weighted by molar-refractivity contribution is 7.99. The molecule has 0 saturated heterocycles. The molecule has 0 aromatic heterocycles. The van der Waals surface area contributed by atoms with Gasteiger partial charge in [0.2, 0.25) is 0 Å². The van der Waals surface area contributed by atoms with Crippen LogP contribution in [0.5, 0.6) is 0 Å². The van der Waals surface area contributed by atoms with Gasteiger partial charge >= 0.3 is 5.97 Å². The molecule has 0 heterocycles. The minimum absolute atomic E-state index is 0.248. The monoisotopic (exact) mass is 232 g/mol. The Morgan fingerprint density at radius 2 is 1.80 bits per heavy atom. The number of thioether (sulfide) groups is 1. The molecule has 0 saturated carbocycles. The summed E-state index contributed by atoms with van der Waals surface area (Å²) in [6.45, 7) is 6.80. The van der Waals surface area contributed by atoms with Gasteiger partial charge in [-0.2, -0.15) is 11.8 Å². The Morgan fingerprint density at radius 3 is 2.33 bits per heavy atom. The topological polar surface area (TPSA) is 37.3 Å². The van der Waals surface area contributed by atoms with E-state index in [2.05, 4.69) is 20.8 Å². The Balaban J connectivity index is 3.33. The lowest BCUT2D eigenvalue weighted by Gasteiger charge is -2.13. The molecule has 90 valence electrons. The number of rotatable bonds is 9. The fraction of sp³-hybridized carbons (Fsp3) is 0.917. The molecule has 0 aromatic carbocycles. The lowest BCUT2D eigenvalue weighted by molar-refractivity contribution is -0.133. The Morgan fingerprint density at radius 1 is 1.20 bits per heavy atom. The Hall–Kier alpha value is -0.180. The summed E-state index contributed by atoms with van der Waals surface area (Å²) in [4.78, 5) is 10.3. The van der Waals surface area contributed by atoms with Gasteiger partial charge in [0, 0.05) is 0 Å².